The lowest BCUT2D eigenvalue weighted by molar-refractivity contribution is -0.255. The van der Waals surface area contributed by atoms with E-state index in [-0.39, 0.29) is 11.1 Å². The molecule has 0 bridgehead atoms. The normalized spacial score (nSPS) is 10.8. The number of unbranched alkanes of at least 4 members (excludes halogenated alkanes) is 14. The molecule has 0 fully saturated rings. The lowest BCUT2D eigenvalue weighted by atomic mass is 10.0. The molecule has 0 spiro atoms. The Balaban J connectivity index is 1.92. The van der Waals surface area contributed by atoms with Gasteiger partial charge in [-0.2, -0.15) is 0 Å². The molecule has 0 saturated heterocycles. The molecule has 0 amide bonds. The van der Waals surface area contributed by atoms with E-state index in [2.05, 4.69) is 6.92 Å². The number of esters is 1. The number of benzene rings is 1. The Labute approximate surface area is 177 Å². The van der Waals surface area contributed by atoms with Gasteiger partial charge in [0, 0.05) is 5.56 Å². The Hall–Kier alpha value is -1.84. The lowest BCUT2D eigenvalue weighted by Gasteiger charge is -2.10. The largest absolute Gasteiger partial charge is 0.545 e. The van der Waals surface area contributed by atoms with Crippen molar-refractivity contribution < 1.29 is 19.4 Å². The number of carbonyl (C=O) groups excluding carboxylic acids is 2. The second kappa shape index (κ2) is 17.1. The highest BCUT2D eigenvalue weighted by Crippen LogP contribution is 2.14. The molecule has 0 radical (unpaired) electrons. The molecule has 0 atom stereocenters. The number of carboxylic acids is 1. The van der Waals surface area contributed by atoms with Crippen molar-refractivity contribution in [3.8, 4) is 0 Å². The average Bonchev–Trinajstić information content (AvgIpc) is 2.73. The Morgan fingerprint density at radius 1 is 0.690 bits per heavy atom. The molecule has 0 heterocycles. The first-order chi connectivity index (χ1) is 14.2. The van der Waals surface area contributed by atoms with E-state index >= 15 is 0 Å². The molecule has 0 aliphatic heterocycles. The van der Waals surface area contributed by atoms with Gasteiger partial charge in [-0.25, -0.2) is 4.79 Å². The zero-order chi connectivity index (χ0) is 21.2. The Kier molecular flexibility index (Phi) is 14.8. The molecule has 1 aromatic rings. The van der Waals surface area contributed by atoms with Crippen LogP contribution in [-0.2, 0) is 4.74 Å². The number of ether oxygens (including phenoxy) is 1. The minimum Gasteiger partial charge on any atom is -0.545 e. The molecule has 4 heteroatoms. The summed E-state index contributed by atoms with van der Waals surface area (Å²) in [6.45, 7) is 2.59. The number of carbonyl (C=O) groups is 2. The summed E-state index contributed by atoms with van der Waals surface area (Å²) in [5.74, 6) is -1.94. The first-order valence-corrected chi connectivity index (χ1v) is 11.6. The summed E-state index contributed by atoms with van der Waals surface area (Å²) in [5, 5.41) is 11.0. The summed E-state index contributed by atoms with van der Waals surface area (Å²) in [4.78, 5) is 23.0. The van der Waals surface area contributed by atoms with Gasteiger partial charge in [-0.1, -0.05) is 115 Å². The second-order valence-corrected chi connectivity index (χ2v) is 7.92. The van der Waals surface area contributed by atoms with E-state index in [9.17, 15) is 14.7 Å². The molecule has 0 unspecified atom stereocenters. The predicted molar refractivity (Wildman–Crippen MR) is 116 cm³/mol. The first-order valence-electron chi connectivity index (χ1n) is 11.6. The summed E-state index contributed by atoms with van der Waals surface area (Å²) in [7, 11) is 0. The van der Waals surface area contributed by atoms with Gasteiger partial charge in [0.1, 0.15) is 0 Å². The van der Waals surface area contributed by atoms with Crippen molar-refractivity contribution in [1.82, 2.24) is 0 Å². The van der Waals surface area contributed by atoms with Crippen molar-refractivity contribution in [2.75, 3.05) is 6.61 Å². The van der Waals surface area contributed by atoms with E-state index in [4.69, 9.17) is 4.74 Å². The number of carboxylic acid groups (broad SMARTS) is 1. The highest BCUT2D eigenvalue weighted by atomic mass is 16.5. The van der Waals surface area contributed by atoms with Gasteiger partial charge in [-0.15, -0.1) is 0 Å². The van der Waals surface area contributed by atoms with Gasteiger partial charge in [-0.05, 0) is 12.5 Å². The second-order valence-electron chi connectivity index (χ2n) is 7.92. The zero-order valence-electron chi connectivity index (χ0n) is 18.3. The highest BCUT2D eigenvalue weighted by molar-refractivity contribution is 6.01. The van der Waals surface area contributed by atoms with Crippen LogP contribution in [0.1, 0.15) is 124 Å². The van der Waals surface area contributed by atoms with Crippen LogP contribution in [-0.4, -0.2) is 18.5 Å². The van der Waals surface area contributed by atoms with Gasteiger partial charge in [0.25, 0.3) is 0 Å². The van der Waals surface area contributed by atoms with Crippen LogP contribution in [0.2, 0.25) is 0 Å². The monoisotopic (exact) mass is 403 g/mol. The van der Waals surface area contributed by atoms with Gasteiger partial charge < -0.3 is 14.6 Å². The molecule has 0 N–H and O–H groups in total. The first kappa shape index (κ1) is 25.2. The molecular weight excluding hydrogens is 364 g/mol. The SMILES string of the molecule is CCCCCCCCCCCCCCCCCOC(=O)c1ccccc1C(=O)[O-]. The van der Waals surface area contributed by atoms with E-state index in [0.29, 0.717) is 6.61 Å². The molecule has 1 aromatic carbocycles. The van der Waals surface area contributed by atoms with Crippen LogP contribution in [0.5, 0.6) is 0 Å². The Morgan fingerprint density at radius 3 is 1.55 bits per heavy atom. The van der Waals surface area contributed by atoms with Crippen molar-refractivity contribution in [2.45, 2.75) is 103 Å². The quantitative estimate of drug-likeness (QED) is 0.220. The minimum absolute atomic E-state index is 0.0634. The molecule has 0 saturated carbocycles. The van der Waals surface area contributed by atoms with Gasteiger partial charge in [0.05, 0.1) is 18.1 Å². The van der Waals surface area contributed by atoms with Crippen molar-refractivity contribution in [2.24, 2.45) is 0 Å². The van der Waals surface area contributed by atoms with Gasteiger partial charge >= 0.3 is 5.97 Å². The molecule has 0 aliphatic carbocycles. The molecule has 164 valence electrons. The van der Waals surface area contributed by atoms with Crippen LogP contribution >= 0.6 is 0 Å². The predicted octanol–water partition coefficient (Wildman–Crippen LogP) is 6.08. The summed E-state index contributed by atoms with van der Waals surface area (Å²) < 4.78 is 5.20. The number of hydrogen-bond acceptors (Lipinski definition) is 4. The molecule has 1 rings (SSSR count). The van der Waals surface area contributed by atoms with Crippen LogP contribution in [0, 0.1) is 0 Å². The number of hydrogen-bond donors (Lipinski definition) is 0. The van der Waals surface area contributed by atoms with Crippen molar-refractivity contribution in [1.29, 1.82) is 0 Å². The fourth-order valence-electron chi connectivity index (χ4n) is 3.56. The van der Waals surface area contributed by atoms with E-state index in [0.717, 1.165) is 19.3 Å². The molecule has 4 nitrogen and oxygen atoms in total. The zero-order valence-corrected chi connectivity index (χ0v) is 18.3. The molecular formula is C25H39O4-. The maximum Gasteiger partial charge on any atom is 0.338 e. The van der Waals surface area contributed by atoms with Crippen molar-refractivity contribution in [3.05, 3.63) is 35.4 Å². The fourth-order valence-corrected chi connectivity index (χ4v) is 3.56. The summed E-state index contributed by atoms with van der Waals surface area (Å²) in [6, 6.07) is 6.01. The lowest BCUT2D eigenvalue weighted by Crippen LogP contribution is -2.25. The third-order valence-electron chi connectivity index (χ3n) is 5.35. The third kappa shape index (κ3) is 12.4. The Bertz CT molecular complexity index is 568. The maximum atomic E-state index is 12.0. The van der Waals surface area contributed by atoms with Crippen LogP contribution in [0.25, 0.3) is 0 Å². The molecule has 29 heavy (non-hydrogen) atoms. The Morgan fingerprint density at radius 2 is 1.10 bits per heavy atom. The summed E-state index contributed by atoms with van der Waals surface area (Å²) in [6.07, 6.45) is 19.3. The van der Waals surface area contributed by atoms with Crippen LogP contribution in [0.4, 0.5) is 0 Å². The summed E-state index contributed by atoms with van der Waals surface area (Å²) in [5.41, 5.74) is -0.0533. The van der Waals surface area contributed by atoms with Crippen LogP contribution < -0.4 is 5.11 Å². The van der Waals surface area contributed by atoms with E-state index in [1.165, 1.54) is 89.2 Å². The fraction of sp³-hybridized carbons (Fsp3) is 0.680. The topological polar surface area (TPSA) is 66.4 Å². The van der Waals surface area contributed by atoms with Gasteiger partial charge in [0.15, 0.2) is 0 Å². The van der Waals surface area contributed by atoms with Crippen LogP contribution in [0.15, 0.2) is 24.3 Å². The molecule has 0 aliphatic rings. The van der Waals surface area contributed by atoms with Crippen molar-refractivity contribution in [3.63, 3.8) is 0 Å². The van der Waals surface area contributed by atoms with E-state index < -0.39 is 11.9 Å². The number of aromatic carboxylic acids is 1. The summed E-state index contributed by atoms with van der Waals surface area (Å²) >= 11 is 0. The highest BCUT2D eigenvalue weighted by Gasteiger charge is 2.12. The standard InChI is InChI=1S/C25H40O4/c1-2-3-4-5-6-7-8-9-10-11-12-13-14-15-18-21-29-25(28)23-20-17-16-19-22(23)24(26)27/h16-17,19-20H,2-15,18,21H2,1H3,(H,26,27)/p-1. The molecule has 0 aromatic heterocycles. The number of rotatable bonds is 18. The smallest absolute Gasteiger partial charge is 0.338 e. The van der Waals surface area contributed by atoms with E-state index in [1.807, 2.05) is 0 Å². The van der Waals surface area contributed by atoms with Crippen molar-refractivity contribution >= 4 is 11.9 Å². The van der Waals surface area contributed by atoms with Crippen LogP contribution in [0.3, 0.4) is 0 Å². The van der Waals surface area contributed by atoms with E-state index in [1.54, 1.807) is 12.1 Å². The van der Waals surface area contributed by atoms with Gasteiger partial charge in [-0.3, -0.25) is 0 Å². The average molecular weight is 404 g/mol. The minimum atomic E-state index is -1.36. The third-order valence-corrected chi connectivity index (χ3v) is 5.35. The maximum absolute atomic E-state index is 12.0. The van der Waals surface area contributed by atoms with Gasteiger partial charge in [0.2, 0.25) is 0 Å².